The summed E-state index contributed by atoms with van der Waals surface area (Å²) in [6.45, 7) is -0.543. The molecule has 0 amide bonds. The molecule has 0 aliphatic carbocycles. The lowest BCUT2D eigenvalue weighted by molar-refractivity contribution is -0.481. The van der Waals surface area contributed by atoms with Crippen molar-refractivity contribution in [1.82, 2.24) is 4.98 Å². The zero-order valence-corrected chi connectivity index (χ0v) is 13.5. The average Bonchev–Trinajstić information content (AvgIpc) is 3.04. The Hall–Kier alpha value is -3.61. The van der Waals surface area contributed by atoms with Gasteiger partial charge in [-0.2, -0.15) is 0 Å². The molecule has 4 aromatic rings. The van der Waals surface area contributed by atoms with E-state index in [1.54, 1.807) is 30.5 Å². The highest BCUT2D eigenvalue weighted by atomic mass is 16.6. The third-order valence-corrected chi connectivity index (χ3v) is 4.50. The van der Waals surface area contributed by atoms with Gasteiger partial charge < -0.3 is 14.5 Å². The molecule has 0 aliphatic rings. The average molecular weight is 350 g/mol. The van der Waals surface area contributed by atoms with Gasteiger partial charge in [-0.1, -0.05) is 30.3 Å². The van der Waals surface area contributed by atoms with Crippen LogP contribution < -0.4 is 5.63 Å². The first-order chi connectivity index (χ1) is 12.6. The molecule has 2 N–H and O–H groups in total. The number of aromatic amines is 1. The van der Waals surface area contributed by atoms with Gasteiger partial charge >= 0.3 is 5.63 Å². The standard InChI is InChI=1S/C19H14N2O5/c22-18-12-6-2-4-8-16(12)26-19(23)17(18)14(10-21(24)25)13-9-20-15-7-3-1-5-11(13)15/h1-9,14,20,22H,10H2/t14-/m1/s1. The lowest BCUT2D eigenvalue weighted by atomic mass is 9.90. The van der Waals surface area contributed by atoms with Crippen molar-refractivity contribution in [2.75, 3.05) is 6.54 Å². The summed E-state index contributed by atoms with van der Waals surface area (Å²) in [6.07, 6.45) is 1.63. The number of hydrogen-bond acceptors (Lipinski definition) is 5. The molecule has 2 aromatic heterocycles. The van der Waals surface area contributed by atoms with Crippen LogP contribution >= 0.6 is 0 Å². The van der Waals surface area contributed by atoms with E-state index in [0.717, 1.165) is 10.9 Å². The molecule has 0 bridgehead atoms. The Kier molecular flexibility index (Phi) is 3.69. The van der Waals surface area contributed by atoms with Crippen molar-refractivity contribution >= 4 is 21.9 Å². The van der Waals surface area contributed by atoms with Crippen LogP contribution in [0.4, 0.5) is 0 Å². The van der Waals surface area contributed by atoms with Gasteiger partial charge in [0.2, 0.25) is 6.54 Å². The summed E-state index contributed by atoms with van der Waals surface area (Å²) in [6, 6.07) is 13.8. The number of aromatic hydroxyl groups is 1. The highest BCUT2D eigenvalue weighted by Crippen LogP contribution is 2.36. The van der Waals surface area contributed by atoms with E-state index in [1.165, 1.54) is 0 Å². The van der Waals surface area contributed by atoms with Crippen LogP contribution in [-0.2, 0) is 0 Å². The van der Waals surface area contributed by atoms with Crippen LogP contribution in [0, 0.1) is 10.1 Å². The van der Waals surface area contributed by atoms with Gasteiger partial charge in [0.15, 0.2) is 0 Å². The number of nitrogens with zero attached hydrogens (tertiary/aromatic N) is 1. The van der Waals surface area contributed by atoms with E-state index in [0.29, 0.717) is 10.9 Å². The Morgan fingerprint density at radius 2 is 1.81 bits per heavy atom. The normalized spacial score (nSPS) is 12.5. The van der Waals surface area contributed by atoms with Crippen molar-refractivity contribution in [3.05, 3.63) is 86.4 Å². The first-order valence-electron chi connectivity index (χ1n) is 7.99. The fraction of sp³-hybridized carbons (Fsp3) is 0.105. The number of fused-ring (bicyclic) bond motifs is 2. The van der Waals surface area contributed by atoms with Crippen LogP contribution in [-0.4, -0.2) is 21.6 Å². The minimum absolute atomic E-state index is 0.106. The maximum atomic E-state index is 12.5. The summed E-state index contributed by atoms with van der Waals surface area (Å²) in [5.41, 5.74) is 0.705. The summed E-state index contributed by atoms with van der Waals surface area (Å²) in [4.78, 5) is 26.4. The zero-order chi connectivity index (χ0) is 18.3. The second-order valence-electron chi connectivity index (χ2n) is 6.01. The highest BCUT2D eigenvalue weighted by Gasteiger charge is 2.30. The molecule has 2 heterocycles. The molecule has 2 aromatic carbocycles. The molecule has 7 heteroatoms. The molecule has 0 spiro atoms. The molecule has 0 unspecified atom stereocenters. The third-order valence-electron chi connectivity index (χ3n) is 4.50. The number of benzene rings is 2. The fourth-order valence-electron chi connectivity index (χ4n) is 3.33. The highest BCUT2D eigenvalue weighted by molar-refractivity contribution is 5.87. The van der Waals surface area contributed by atoms with E-state index in [1.807, 2.05) is 24.3 Å². The second kappa shape index (κ2) is 6.03. The van der Waals surface area contributed by atoms with E-state index in [9.17, 15) is 20.0 Å². The Bertz CT molecular complexity index is 1190. The van der Waals surface area contributed by atoms with Crippen molar-refractivity contribution in [3.8, 4) is 5.75 Å². The van der Waals surface area contributed by atoms with Gasteiger partial charge in [0, 0.05) is 22.0 Å². The van der Waals surface area contributed by atoms with Crippen molar-refractivity contribution in [3.63, 3.8) is 0 Å². The SMILES string of the molecule is O=c1oc2ccccc2c(O)c1[C@H](C[N+](=O)[O-])c1c[nH]c2ccccc12. The zero-order valence-electron chi connectivity index (χ0n) is 13.5. The lowest BCUT2D eigenvalue weighted by Crippen LogP contribution is -2.20. The van der Waals surface area contributed by atoms with Crippen LogP contribution in [0.5, 0.6) is 5.75 Å². The molecular formula is C19H14N2O5. The fourth-order valence-corrected chi connectivity index (χ4v) is 3.33. The van der Waals surface area contributed by atoms with Gasteiger partial charge in [-0.3, -0.25) is 10.1 Å². The summed E-state index contributed by atoms with van der Waals surface area (Å²) in [5, 5.41) is 23.1. The van der Waals surface area contributed by atoms with E-state index in [4.69, 9.17) is 4.42 Å². The van der Waals surface area contributed by atoms with Crippen LogP contribution in [0.2, 0.25) is 0 Å². The Balaban J connectivity index is 2.01. The minimum atomic E-state index is -0.943. The predicted molar refractivity (Wildman–Crippen MR) is 96.2 cm³/mol. The van der Waals surface area contributed by atoms with Gasteiger partial charge in [0.25, 0.3) is 0 Å². The van der Waals surface area contributed by atoms with E-state index in [-0.39, 0.29) is 16.9 Å². The summed E-state index contributed by atoms with van der Waals surface area (Å²) >= 11 is 0. The molecule has 7 nitrogen and oxygen atoms in total. The summed E-state index contributed by atoms with van der Waals surface area (Å²) in [7, 11) is 0. The molecule has 0 saturated carbocycles. The number of rotatable bonds is 4. The minimum Gasteiger partial charge on any atom is -0.507 e. The maximum absolute atomic E-state index is 12.5. The van der Waals surface area contributed by atoms with Crippen molar-refractivity contribution in [2.24, 2.45) is 0 Å². The van der Waals surface area contributed by atoms with Crippen molar-refractivity contribution in [1.29, 1.82) is 0 Å². The number of nitrogens with one attached hydrogen (secondary N) is 1. The Labute approximate surface area is 146 Å². The number of para-hydroxylation sites is 2. The first kappa shape index (κ1) is 15.9. The topological polar surface area (TPSA) is 109 Å². The molecule has 0 aliphatic heterocycles. The molecule has 0 saturated heterocycles. The van der Waals surface area contributed by atoms with Gasteiger partial charge in [-0.25, -0.2) is 4.79 Å². The number of H-pyrrole nitrogens is 1. The van der Waals surface area contributed by atoms with Gasteiger partial charge in [0.1, 0.15) is 11.3 Å². The monoisotopic (exact) mass is 350 g/mol. The predicted octanol–water partition coefficient (Wildman–Crippen LogP) is 3.39. The Morgan fingerprint density at radius 3 is 2.58 bits per heavy atom. The molecule has 26 heavy (non-hydrogen) atoms. The Morgan fingerprint density at radius 1 is 1.12 bits per heavy atom. The third kappa shape index (κ3) is 2.50. The van der Waals surface area contributed by atoms with Crippen LogP contribution in [0.1, 0.15) is 17.0 Å². The maximum Gasteiger partial charge on any atom is 0.344 e. The number of aromatic nitrogens is 1. The van der Waals surface area contributed by atoms with Crippen LogP contribution in [0.3, 0.4) is 0 Å². The number of nitro groups is 1. The van der Waals surface area contributed by atoms with Gasteiger partial charge in [-0.05, 0) is 23.8 Å². The quantitative estimate of drug-likeness (QED) is 0.333. The van der Waals surface area contributed by atoms with Gasteiger partial charge in [0.05, 0.1) is 16.9 Å². The molecule has 0 fully saturated rings. The van der Waals surface area contributed by atoms with Crippen LogP contribution in [0.15, 0.2) is 63.9 Å². The van der Waals surface area contributed by atoms with Crippen molar-refractivity contribution in [2.45, 2.75) is 5.92 Å². The molecule has 1 atom stereocenters. The lowest BCUT2D eigenvalue weighted by Gasteiger charge is -2.14. The summed E-state index contributed by atoms with van der Waals surface area (Å²) in [5.74, 6) is -1.23. The number of hydrogen-bond donors (Lipinski definition) is 2. The first-order valence-corrected chi connectivity index (χ1v) is 7.99. The second-order valence-corrected chi connectivity index (χ2v) is 6.01. The van der Waals surface area contributed by atoms with Crippen molar-refractivity contribution < 1.29 is 14.4 Å². The molecule has 130 valence electrons. The molecule has 0 radical (unpaired) electrons. The van der Waals surface area contributed by atoms with E-state index in [2.05, 4.69) is 4.98 Å². The van der Waals surface area contributed by atoms with E-state index >= 15 is 0 Å². The smallest absolute Gasteiger partial charge is 0.344 e. The molecular weight excluding hydrogens is 336 g/mol. The van der Waals surface area contributed by atoms with Crippen LogP contribution in [0.25, 0.3) is 21.9 Å². The summed E-state index contributed by atoms with van der Waals surface area (Å²) < 4.78 is 5.30. The van der Waals surface area contributed by atoms with Gasteiger partial charge in [-0.15, -0.1) is 0 Å². The molecule has 4 rings (SSSR count). The van der Waals surface area contributed by atoms with E-state index < -0.39 is 23.0 Å². The largest absolute Gasteiger partial charge is 0.507 e.